The van der Waals surface area contributed by atoms with E-state index in [9.17, 15) is 4.79 Å². The molecule has 0 aliphatic rings. The molecule has 0 radical (unpaired) electrons. The standard InChI is InChI=1S/C11H11BrO3/c1-15-9-6-2-4-8(5-3-7-12)10(9)11(13)14/h2-6H,7H2,1H3,(H,13,14). The van der Waals surface area contributed by atoms with Gasteiger partial charge in [0.15, 0.2) is 0 Å². The minimum atomic E-state index is -0.985. The number of carboxylic acids is 1. The number of rotatable bonds is 4. The van der Waals surface area contributed by atoms with Crippen molar-refractivity contribution in [3.63, 3.8) is 0 Å². The van der Waals surface area contributed by atoms with E-state index in [1.54, 1.807) is 24.3 Å². The average Bonchev–Trinajstić information content (AvgIpc) is 2.25. The van der Waals surface area contributed by atoms with E-state index in [1.165, 1.54) is 7.11 Å². The highest BCUT2D eigenvalue weighted by molar-refractivity contribution is 9.09. The van der Waals surface area contributed by atoms with E-state index in [0.29, 0.717) is 16.6 Å². The molecule has 0 aliphatic heterocycles. The third-order valence-corrected chi connectivity index (χ3v) is 2.25. The topological polar surface area (TPSA) is 46.5 Å². The summed E-state index contributed by atoms with van der Waals surface area (Å²) in [5.41, 5.74) is 0.832. The van der Waals surface area contributed by atoms with Crippen LogP contribution in [0.1, 0.15) is 15.9 Å². The second-order valence-corrected chi connectivity index (χ2v) is 3.43. The number of methoxy groups -OCH3 is 1. The zero-order chi connectivity index (χ0) is 11.3. The summed E-state index contributed by atoms with van der Waals surface area (Å²) >= 11 is 3.24. The number of halogens is 1. The van der Waals surface area contributed by atoms with Crippen molar-refractivity contribution in [2.75, 3.05) is 12.4 Å². The number of hydrogen-bond donors (Lipinski definition) is 1. The summed E-state index contributed by atoms with van der Waals surface area (Å²) < 4.78 is 5.00. The summed E-state index contributed by atoms with van der Waals surface area (Å²) in [6.45, 7) is 0. The van der Waals surface area contributed by atoms with Crippen molar-refractivity contribution >= 4 is 28.0 Å². The highest BCUT2D eigenvalue weighted by Gasteiger charge is 2.13. The minimum Gasteiger partial charge on any atom is -0.496 e. The van der Waals surface area contributed by atoms with E-state index in [-0.39, 0.29) is 5.56 Å². The first kappa shape index (κ1) is 11.8. The summed E-state index contributed by atoms with van der Waals surface area (Å²) in [7, 11) is 1.46. The van der Waals surface area contributed by atoms with Crippen molar-refractivity contribution < 1.29 is 14.6 Å². The van der Waals surface area contributed by atoms with Crippen molar-refractivity contribution in [1.29, 1.82) is 0 Å². The van der Waals surface area contributed by atoms with Crippen LogP contribution in [0.3, 0.4) is 0 Å². The van der Waals surface area contributed by atoms with Gasteiger partial charge in [-0.3, -0.25) is 0 Å². The molecule has 3 nitrogen and oxygen atoms in total. The molecule has 0 saturated carbocycles. The van der Waals surface area contributed by atoms with Crippen LogP contribution in [0.2, 0.25) is 0 Å². The van der Waals surface area contributed by atoms with Crippen molar-refractivity contribution in [2.45, 2.75) is 0 Å². The Balaban J connectivity index is 3.25. The molecule has 80 valence electrons. The van der Waals surface area contributed by atoms with Gasteiger partial charge < -0.3 is 9.84 Å². The van der Waals surface area contributed by atoms with E-state index in [2.05, 4.69) is 15.9 Å². The smallest absolute Gasteiger partial charge is 0.340 e. The van der Waals surface area contributed by atoms with Crippen molar-refractivity contribution in [3.8, 4) is 5.75 Å². The largest absolute Gasteiger partial charge is 0.496 e. The van der Waals surface area contributed by atoms with Crippen molar-refractivity contribution in [3.05, 3.63) is 35.4 Å². The van der Waals surface area contributed by atoms with Gasteiger partial charge in [0.1, 0.15) is 11.3 Å². The molecular weight excluding hydrogens is 260 g/mol. The van der Waals surface area contributed by atoms with Crippen molar-refractivity contribution in [2.24, 2.45) is 0 Å². The third kappa shape index (κ3) is 2.83. The number of allylic oxidation sites excluding steroid dienone is 1. The van der Waals surface area contributed by atoms with Crippen LogP contribution in [0, 0.1) is 0 Å². The molecule has 0 aliphatic carbocycles. The monoisotopic (exact) mass is 270 g/mol. The van der Waals surface area contributed by atoms with Crippen molar-refractivity contribution in [1.82, 2.24) is 0 Å². The number of carboxylic acid groups (broad SMARTS) is 1. The van der Waals surface area contributed by atoms with Gasteiger partial charge in [0, 0.05) is 5.33 Å². The van der Waals surface area contributed by atoms with Gasteiger partial charge in [-0.2, -0.15) is 0 Å². The van der Waals surface area contributed by atoms with Gasteiger partial charge in [-0.1, -0.05) is 40.2 Å². The van der Waals surface area contributed by atoms with Crippen LogP contribution in [-0.2, 0) is 0 Å². The zero-order valence-electron chi connectivity index (χ0n) is 8.24. The van der Waals surface area contributed by atoms with Crippen LogP contribution in [0.25, 0.3) is 6.08 Å². The first-order chi connectivity index (χ1) is 7.20. The van der Waals surface area contributed by atoms with Crippen LogP contribution < -0.4 is 4.74 Å². The second-order valence-electron chi connectivity index (χ2n) is 2.79. The molecule has 0 saturated heterocycles. The number of ether oxygens (including phenoxy) is 1. The van der Waals surface area contributed by atoms with E-state index >= 15 is 0 Å². The Labute approximate surface area is 96.5 Å². The highest BCUT2D eigenvalue weighted by atomic mass is 79.9. The normalized spacial score (nSPS) is 10.5. The molecule has 1 N–H and O–H groups in total. The second kappa shape index (κ2) is 5.56. The van der Waals surface area contributed by atoms with Crippen LogP contribution in [0.5, 0.6) is 5.75 Å². The third-order valence-electron chi connectivity index (χ3n) is 1.88. The molecule has 0 aromatic heterocycles. The number of aromatic carboxylic acids is 1. The minimum absolute atomic E-state index is 0.192. The summed E-state index contributed by atoms with van der Waals surface area (Å²) in [4.78, 5) is 11.0. The molecule has 1 aromatic rings. The maximum absolute atomic E-state index is 11.0. The van der Waals surface area contributed by atoms with Gasteiger partial charge in [-0.15, -0.1) is 0 Å². The molecule has 1 aromatic carbocycles. The lowest BCUT2D eigenvalue weighted by atomic mass is 10.1. The molecule has 0 spiro atoms. The molecule has 0 amide bonds. The lowest BCUT2D eigenvalue weighted by Crippen LogP contribution is -2.03. The van der Waals surface area contributed by atoms with Crippen LogP contribution in [0.15, 0.2) is 24.3 Å². The predicted octanol–water partition coefficient (Wildman–Crippen LogP) is 2.80. The fraction of sp³-hybridized carbons (Fsp3) is 0.182. The molecule has 4 heteroatoms. The Morgan fingerprint density at radius 3 is 2.87 bits per heavy atom. The molecule has 0 unspecified atom stereocenters. The van der Waals surface area contributed by atoms with E-state index < -0.39 is 5.97 Å². The molecule has 15 heavy (non-hydrogen) atoms. The first-order valence-electron chi connectivity index (χ1n) is 4.33. The maximum Gasteiger partial charge on any atom is 0.340 e. The maximum atomic E-state index is 11.0. The van der Waals surface area contributed by atoms with Gasteiger partial charge in [0.2, 0.25) is 0 Å². The van der Waals surface area contributed by atoms with E-state index in [1.807, 2.05) is 6.08 Å². The molecular formula is C11H11BrO3. The quantitative estimate of drug-likeness (QED) is 0.856. The molecule has 0 bridgehead atoms. The summed E-state index contributed by atoms with van der Waals surface area (Å²) in [6.07, 6.45) is 3.59. The molecule has 0 atom stereocenters. The average molecular weight is 271 g/mol. The molecule has 0 fully saturated rings. The van der Waals surface area contributed by atoms with E-state index in [4.69, 9.17) is 9.84 Å². The Bertz CT molecular complexity index is 385. The lowest BCUT2D eigenvalue weighted by molar-refractivity contribution is 0.0693. The van der Waals surface area contributed by atoms with E-state index in [0.717, 1.165) is 0 Å². The number of alkyl halides is 1. The van der Waals surface area contributed by atoms with Gasteiger partial charge in [-0.05, 0) is 11.6 Å². The Morgan fingerprint density at radius 1 is 1.60 bits per heavy atom. The van der Waals surface area contributed by atoms with Gasteiger partial charge in [0.25, 0.3) is 0 Å². The summed E-state index contributed by atoms with van der Waals surface area (Å²) in [5, 5.41) is 9.74. The Morgan fingerprint density at radius 2 is 2.33 bits per heavy atom. The Kier molecular flexibility index (Phi) is 4.37. The summed E-state index contributed by atoms with van der Waals surface area (Å²) in [6, 6.07) is 5.14. The Hall–Kier alpha value is -1.29. The van der Waals surface area contributed by atoms with Crippen LogP contribution in [-0.4, -0.2) is 23.5 Å². The SMILES string of the molecule is COc1cccc(C=CCBr)c1C(=O)O. The number of hydrogen-bond acceptors (Lipinski definition) is 2. The number of carbonyl (C=O) groups is 1. The van der Waals surface area contributed by atoms with Gasteiger partial charge in [0.05, 0.1) is 7.11 Å². The fourth-order valence-corrected chi connectivity index (χ4v) is 1.44. The highest BCUT2D eigenvalue weighted by Crippen LogP contribution is 2.23. The zero-order valence-corrected chi connectivity index (χ0v) is 9.82. The number of benzene rings is 1. The van der Waals surface area contributed by atoms with Gasteiger partial charge in [-0.25, -0.2) is 4.79 Å². The lowest BCUT2D eigenvalue weighted by Gasteiger charge is -2.07. The van der Waals surface area contributed by atoms with Crippen LogP contribution >= 0.6 is 15.9 Å². The van der Waals surface area contributed by atoms with Gasteiger partial charge >= 0.3 is 5.97 Å². The van der Waals surface area contributed by atoms with Crippen LogP contribution in [0.4, 0.5) is 0 Å². The predicted molar refractivity (Wildman–Crippen MR) is 62.8 cm³/mol. The first-order valence-corrected chi connectivity index (χ1v) is 5.45. The molecule has 0 heterocycles. The molecule has 1 rings (SSSR count). The fourth-order valence-electron chi connectivity index (χ4n) is 1.26. The summed E-state index contributed by atoms with van der Waals surface area (Å²) in [5.74, 6) is -0.610.